The number of piperazine rings is 1. The molecular formula is C61H67N3O9. The second kappa shape index (κ2) is 22.1. The number of ether oxygens (including phenoxy) is 3. The quantitative estimate of drug-likeness (QED) is 0.0730. The van der Waals surface area contributed by atoms with Crippen LogP contribution in [-0.2, 0) is 37.7 Å². The van der Waals surface area contributed by atoms with Gasteiger partial charge in [0.1, 0.15) is 28.3 Å². The summed E-state index contributed by atoms with van der Waals surface area (Å²) in [5.41, 5.74) is 9.34. The van der Waals surface area contributed by atoms with Gasteiger partial charge in [-0.15, -0.1) is 0 Å². The largest absolute Gasteiger partial charge is 0.508 e. The minimum atomic E-state index is -0.851. The molecular weight excluding hydrogens is 919 g/mol. The van der Waals surface area contributed by atoms with E-state index in [1.165, 1.54) is 18.7 Å². The SMILES string of the molecule is CCc1cc2c([nH]1)N1CCNC[C@H]1C1(CCCC1)c1ccc(c(CO)c1)C[C@H](CO)COc1c(OC)c(OCC[C@@H](O)/C=C/c3ccccc3)c3c(=O)cc(-c4ccc(O)cc4)oc3c1CCc1cccc-2c1. The third-order valence-corrected chi connectivity index (χ3v) is 15.4. The summed E-state index contributed by atoms with van der Waals surface area (Å²) in [6, 6.07) is 35.4. The zero-order valence-electron chi connectivity index (χ0n) is 41.9. The number of nitrogens with one attached hydrogen (secondary N) is 2. The van der Waals surface area contributed by atoms with Gasteiger partial charge in [-0.2, -0.15) is 0 Å². The molecule has 0 radical (unpaired) electrons. The van der Waals surface area contributed by atoms with Crippen molar-refractivity contribution >= 4 is 22.9 Å². The molecule has 1 saturated heterocycles. The smallest absolute Gasteiger partial charge is 0.204 e. The summed E-state index contributed by atoms with van der Waals surface area (Å²) in [7, 11) is 1.51. The number of aromatic amines is 1. The monoisotopic (exact) mass is 985 g/mol. The number of hydrogen-bond donors (Lipinski definition) is 6. The van der Waals surface area contributed by atoms with E-state index in [0.29, 0.717) is 36.1 Å². The van der Waals surface area contributed by atoms with E-state index in [9.17, 15) is 25.2 Å². The van der Waals surface area contributed by atoms with Crippen LogP contribution in [0.5, 0.6) is 23.0 Å². The van der Waals surface area contributed by atoms with E-state index in [4.69, 9.17) is 18.6 Å². The molecule has 7 aromatic rings. The molecule has 73 heavy (non-hydrogen) atoms. The molecule has 0 unspecified atom stereocenters. The average Bonchev–Trinajstić information content (AvgIpc) is 4.11. The van der Waals surface area contributed by atoms with E-state index in [1.54, 1.807) is 30.3 Å². The van der Waals surface area contributed by atoms with Crippen LogP contribution < -0.4 is 29.9 Å². The van der Waals surface area contributed by atoms with Crippen LogP contribution in [0.4, 0.5) is 5.82 Å². The molecule has 12 heteroatoms. The molecule has 380 valence electrons. The first-order chi connectivity index (χ1) is 35.7. The van der Waals surface area contributed by atoms with Gasteiger partial charge in [-0.05, 0) is 102 Å². The predicted molar refractivity (Wildman–Crippen MR) is 287 cm³/mol. The molecule has 1 aliphatic carbocycles. The summed E-state index contributed by atoms with van der Waals surface area (Å²) in [6.07, 6.45) is 9.45. The number of aliphatic hydroxyl groups excluding tert-OH is 3. The number of H-pyrrole nitrogens is 1. The van der Waals surface area contributed by atoms with E-state index in [2.05, 4.69) is 70.7 Å². The van der Waals surface area contributed by atoms with E-state index in [1.807, 2.05) is 36.4 Å². The standard InChI is InChI=1S/C61H67N3O9/c1-3-47-33-51-44-13-9-12-40(30-44)15-23-50-56-55(52(69)34-53(73-56)42-17-21-48(67)22-18-42)58(71-29-24-49(68)20-14-39-10-5-4-6-11-39)59(70-2)57(50)72-38-41(36-65)31-43-16-19-46(32-45(43)37-66)61(25-7-8-26-61)54-35-62-27-28-64(54)60(51)63-47/h4-6,9-14,16-22,30,32-34,41,49,54,62-63,65-68H,3,7-8,15,23-29,31,35-38H2,1-2H3/b20-14+/t41-,49+,54+/m1/s1. The number of aryl methyl sites for hydroxylation is 3. The third kappa shape index (κ3) is 10.3. The fraction of sp³-hybridized carbons (Fsp3) is 0.361. The third-order valence-electron chi connectivity index (χ3n) is 15.4. The van der Waals surface area contributed by atoms with Gasteiger partial charge >= 0.3 is 0 Å². The molecule has 2 aromatic heterocycles. The van der Waals surface area contributed by atoms with E-state index >= 15 is 0 Å². The molecule has 0 amide bonds. The molecule has 12 nitrogen and oxygen atoms in total. The first-order valence-electron chi connectivity index (χ1n) is 26.0. The van der Waals surface area contributed by atoms with Crippen molar-refractivity contribution in [1.29, 1.82) is 0 Å². The lowest BCUT2D eigenvalue weighted by molar-refractivity contribution is 0.156. The Bertz CT molecular complexity index is 3120. The van der Waals surface area contributed by atoms with Gasteiger partial charge < -0.3 is 54.3 Å². The Hall–Kier alpha value is -6.83. The summed E-state index contributed by atoms with van der Waals surface area (Å²) < 4.78 is 26.5. The zero-order valence-corrected chi connectivity index (χ0v) is 41.9. The minimum Gasteiger partial charge on any atom is -0.508 e. The Balaban J connectivity index is 1.13. The second-order valence-corrected chi connectivity index (χ2v) is 20.0. The minimum absolute atomic E-state index is 0.0204. The van der Waals surface area contributed by atoms with Crippen molar-refractivity contribution in [2.24, 2.45) is 5.92 Å². The lowest BCUT2D eigenvalue weighted by Crippen LogP contribution is -2.60. The van der Waals surface area contributed by atoms with Crippen LogP contribution in [0.1, 0.15) is 78.1 Å². The first kappa shape index (κ1) is 49.7. The molecule has 4 bridgehead atoms. The molecule has 3 aliphatic heterocycles. The van der Waals surface area contributed by atoms with Crippen molar-refractivity contribution < 1.29 is 39.1 Å². The zero-order chi connectivity index (χ0) is 50.5. The molecule has 1 saturated carbocycles. The number of methoxy groups -OCH3 is 1. The molecule has 3 atom stereocenters. The van der Waals surface area contributed by atoms with E-state index in [0.717, 1.165) is 96.6 Å². The Morgan fingerprint density at radius 2 is 1.74 bits per heavy atom. The highest BCUT2D eigenvalue weighted by atomic mass is 16.5. The van der Waals surface area contributed by atoms with Gasteiger partial charge in [0, 0.05) is 72.4 Å². The molecule has 11 rings (SSSR count). The van der Waals surface area contributed by atoms with Crippen LogP contribution in [0, 0.1) is 5.92 Å². The van der Waals surface area contributed by atoms with Crippen LogP contribution in [0.3, 0.4) is 0 Å². The maximum atomic E-state index is 14.7. The lowest BCUT2D eigenvalue weighted by atomic mass is 9.70. The van der Waals surface area contributed by atoms with Crippen molar-refractivity contribution in [2.75, 3.05) is 51.5 Å². The summed E-state index contributed by atoms with van der Waals surface area (Å²) in [5, 5.41) is 47.4. The topological polar surface area (TPSA) is 170 Å². The lowest BCUT2D eigenvalue weighted by Gasteiger charge is -2.48. The summed E-state index contributed by atoms with van der Waals surface area (Å²) in [5.74, 6) is 1.72. The molecule has 1 spiro atoms. The fourth-order valence-corrected chi connectivity index (χ4v) is 11.6. The van der Waals surface area contributed by atoms with Crippen LogP contribution in [0.25, 0.3) is 39.5 Å². The van der Waals surface area contributed by atoms with Crippen LogP contribution in [0.2, 0.25) is 0 Å². The first-order valence-corrected chi connectivity index (χ1v) is 26.0. The number of phenolic OH excluding ortho intramolecular Hbond substituents is 1. The van der Waals surface area contributed by atoms with Crippen molar-refractivity contribution in [2.45, 2.75) is 88.9 Å². The number of aliphatic hydroxyl groups is 3. The van der Waals surface area contributed by atoms with Crippen molar-refractivity contribution in [3.05, 3.63) is 165 Å². The molecule has 6 N–H and O–H groups in total. The highest BCUT2D eigenvalue weighted by Crippen LogP contribution is 2.50. The van der Waals surface area contributed by atoms with Gasteiger partial charge in [0.2, 0.25) is 5.75 Å². The summed E-state index contributed by atoms with van der Waals surface area (Å²) in [6.45, 7) is 4.45. The molecule has 5 aromatic carbocycles. The number of phenols is 1. The molecule has 4 aliphatic rings. The molecule has 2 fully saturated rings. The normalized spacial score (nSPS) is 18.3. The Labute approximate surface area is 426 Å². The highest BCUT2D eigenvalue weighted by molar-refractivity contribution is 5.93. The number of fused-ring (bicyclic) bond motifs is 7. The number of aromatic nitrogens is 1. The summed E-state index contributed by atoms with van der Waals surface area (Å²) in [4.78, 5) is 21.2. The van der Waals surface area contributed by atoms with Crippen molar-refractivity contribution in [3.63, 3.8) is 0 Å². The van der Waals surface area contributed by atoms with Gasteiger partial charge in [-0.25, -0.2) is 0 Å². The average molecular weight is 986 g/mol. The second-order valence-electron chi connectivity index (χ2n) is 20.0. The van der Waals surface area contributed by atoms with Crippen molar-refractivity contribution in [3.8, 4) is 45.4 Å². The predicted octanol–water partition coefficient (Wildman–Crippen LogP) is 9.69. The Morgan fingerprint density at radius 3 is 2.51 bits per heavy atom. The van der Waals surface area contributed by atoms with E-state index < -0.39 is 12.0 Å². The Kier molecular flexibility index (Phi) is 15.1. The maximum Gasteiger partial charge on any atom is 0.204 e. The number of anilines is 1. The van der Waals surface area contributed by atoms with Crippen LogP contribution in [0.15, 0.2) is 124 Å². The van der Waals surface area contributed by atoms with Crippen LogP contribution in [-0.4, -0.2) is 84.1 Å². The highest BCUT2D eigenvalue weighted by Gasteiger charge is 2.47. The van der Waals surface area contributed by atoms with Crippen molar-refractivity contribution in [1.82, 2.24) is 10.3 Å². The number of rotatable bonds is 11. The van der Waals surface area contributed by atoms with E-state index in [-0.39, 0.29) is 83.7 Å². The van der Waals surface area contributed by atoms with Gasteiger partial charge in [0.25, 0.3) is 0 Å². The Morgan fingerprint density at radius 1 is 0.918 bits per heavy atom. The van der Waals surface area contributed by atoms with Crippen LogP contribution >= 0.6 is 0 Å². The number of hydrogen-bond acceptors (Lipinski definition) is 11. The number of benzene rings is 5. The molecule has 5 heterocycles. The maximum absolute atomic E-state index is 14.7. The number of nitrogens with zero attached hydrogens (tertiary/aromatic N) is 1. The van der Waals surface area contributed by atoms with Gasteiger partial charge in [-0.3, -0.25) is 4.79 Å². The number of aromatic hydroxyl groups is 1. The summed E-state index contributed by atoms with van der Waals surface area (Å²) >= 11 is 0. The fourth-order valence-electron chi connectivity index (χ4n) is 11.6. The van der Waals surface area contributed by atoms with Gasteiger partial charge in [0.15, 0.2) is 16.9 Å². The van der Waals surface area contributed by atoms with Gasteiger partial charge in [-0.1, -0.05) is 105 Å². The van der Waals surface area contributed by atoms with Gasteiger partial charge in [0.05, 0.1) is 39.1 Å².